The molecular weight excluding hydrogens is 234 g/mol. The smallest absolute Gasteiger partial charge is 0.119 e. The molecule has 19 heavy (non-hydrogen) atoms. The molecule has 0 spiro atoms. The second-order valence-electron chi connectivity index (χ2n) is 5.27. The van der Waals surface area contributed by atoms with Crippen molar-refractivity contribution in [3.8, 4) is 5.75 Å². The molecule has 108 valence electrons. The summed E-state index contributed by atoms with van der Waals surface area (Å²) in [4.78, 5) is 0. The molecule has 0 aliphatic heterocycles. The van der Waals surface area contributed by atoms with Crippen LogP contribution < -0.4 is 10.1 Å². The topological polar surface area (TPSA) is 21.3 Å². The van der Waals surface area contributed by atoms with Gasteiger partial charge in [0.05, 0.1) is 6.61 Å². The average molecular weight is 263 g/mol. The Hall–Kier alpha value is -1.02. The molecule has 0 heterocycles. The van der Waals surface area contributed by atoms with E-state index in [2.05, 4.69) is 50.5 Å². The van der Waals surface area contributed by atoms with E-state index >= 15 is 0 Å². The van der Waals surface area contributed by atoms with E-state index in [1.165, 1.54) is 31.2 Å². The van der Waals surface area contributed by atoms with Gasteiger partial charge in [-0.15, -0.1) is 0 Å². The van der Waals surface area contributed by atoms with Crippen LogP contribution in [0.25, 0.3) is 0 Å². The van der Waals surface area contributed by atoms with E-state index in [4.69, 9.17) is 4.74 Å². The minimum atomic E-state index is 0.267. The van der Waals surface area contributed by atoms with Crippen LogP contribution in [0.5, 0.6) is 5.75 Å². The lowest BCUT2D eigenvalue weighted by molar-refractivity contribution is 0.334. The molecule has 1 N–H and O–H groups in total. The van der Waals surface area contributed by atoms with E-state index in [-0.39, 0.29) is 5.41 Å². The summed E-state index contributed by atoms with van der Waals surface area (Å²) in [6.45, 7) is 8.34. The Bertz CT molecular complexity index is 328. The van der Waals surface area contributed by atoms with Gasteiger partial charge in [-0.3, -0.25) is 0 Å². The van der Waals surface area contributed by atoms with Crippen molar-refractivity contribution in [2.75, 3.05) is 20.2 Å². The third-order valence-electron chi connectivity index (χ3n) is 3.75. The number of likely N-dealkylation sites (N-methyl/N-ethyl adjacent to an activating group) is 1. The van der Waals surface area contributed by atoms with Crippen molar-refractivity contribution < 1.29 is 4.74 Å². The first-order valence-corrected chi connectivity index (χ1v) is 7.60. The quantitative estimate of drug-likeness (QED) is 0.723. The molecule has 1 aromatic rings. The molecule has 0 amide bonds. The first kappa shape index (κ1) is 16.0. The van der Waals surface area contributed by atoms with Crippen LogP contribution in [0.1, 0.15) is 52.0 Å². The van der Waals surface area contributed by atoms with E-state index in [0.717, 1.165) is 18.9 Å². The molecule has 0 aromatic heterocycles. The van der Waals surface area contributed by atoms with Crippen molar-refractivity contribution in [1.82, 2.24) is 5.32 Å². The van der Waals surface area contributed by atoms with Crippen LogP contribution in [0.15, 0.2) is 24.3 Å². The zero-order valence-electron chi connectivity index (χ0n) is 13.0. The van der Waals surface area contributed by atoms with Crippen molar-refractivity contribution in [2.45, 2.75) is 51.9 Å². The van der Waals surface area contributed by atoms with E-state index < -0.39 is 0 Å². The first-order valence-electron chi connectivity index (χ1n) is 7.60. The lowest BCUT2D eigenvalue weighted by atomic mass is 9.73. The van der Waals surface area contributed by atoms with Crippen LogP contribution in [-0.4, -0.2) is 20.2 Å². The fourth-order valence-electron chi connectivity index (χ4n) is 3.06. The summed E-state index contributed by atoms with van der Waals surface area (Å²) in [7, 11) is 2.05. The molecule has 0 bridgehead atoms. The molecule has 0 saturated carbocycles. The van der Waals surface area contributed by atoms with Gasteiger partial charge >= 0.3 is 0 Å². The standard InChI is InChI=1S/C17H29NO/c1-5-12-17(13-6-2,14-18-4)15-8-10-16(11-9-15)19-7-3/h8-11,18H,5-7,12-14H2,1-4H3. The lowest BCUT2D eigenvalue weighted by Gasteiger charge is -2.34. The number of rotatable bonds is 9. The maximum Gasteiger partial charge on any atom is 0.119 e. The second kappa shape index (κ2) is 8.21. The Morgan fingerprint density at radius 3 is 2.00 bits per heavy atom. The van der Waals surface area contributed by atoms with Crippen LogP contribution >= 0.6 is 0 Å². The van der Waals surface area contributed by atoms with E-state index in [0.29, 0.717) is 0 Å². The number of benzene rings is 1. The van der Waals surface area contributed by atoms with E-state index in [9.17, 15) is 0 Å². The van der Waals surface area contributed by atoms with Gasteiger partial charge in [0.25, 0.3) is 0 Å². The van der Waals surface area contributed by atoms with Crippen molar-refractivity contribution in [3.05, 3.63) is 29.8 Å². The Morgan fingerprint density at radius 2 is 1.58 bits per heavy atom. The molecule has 1 rings (SSSR count). The fourth-order valence-corrected chi connectivity index (χ4v) is 3.06. The molecule has 0 radical (unpaired) electrons. The predicted octanol–water partition coefficient (Wildman–Crippen LogP) is 4.14. The van der Waals surface area contributed by atoms with Gasteiger partial charge < -0.3 is 10.1 Å². The van der Waals surface area contributed by atoms with Crippen LogP contribution in [0, 0.1) is 0 Å². The second-order valence-corrected chi connectivity index (χ2v) is 5.27. The van der Waals surface area contributed by atoms with Gasteiger partial charge in [-0.1, -0.05) is 38.8 Å². The Labute approximate surface area is 118 Å². The monoisotopic (exact) mass is 263 g/mol. The zero-order valence-corrected chi connectivity index (χ0v) is 13.0. The van der Waals surface area contributed by atoms with Gasteiger partial charge in [0.2, 0.25) is 0 Å². The lowest BCUT2D eigenvalue weighted by Crippen LogP contribution is -2.36. The predicted molar refractivity (Wildman–Crippen MR) is 83.0 cm³/mol. The molecule has 0 fully saturated rings. The molecule has 1 aromatic carbocycles. The summed E-state index contributed by atoms with van der Waals surface area (Å²) in [5, 5.41) is 3.39. The van der Waals surface area contributed by atoms with Crippen molar-refractivity contribution in [3.63, 3.8) is 0 Å². The third kappa shape index (κ3) is 4.24. The Kier molecular flexibility index (Phi) is 6.93. The number of hydrogen-bond acceptors (Lipinski definition) is 2. The van der Waals surface area contributed by atoms with Gasteiger partial charge in [-0.25, -0.2) is 0 Å². The molecule has 2 nitrogen and oxygen atoms in total. The largest absolute Gasteiger partial charge is 0.494 e. The van der Waals surface area contributed by atoms with Crippen molar-refractivity contribution in [1.29, 1.82) is 0 Å². The normalized spacial score (nSPS) is 11.6. The van der Waals surface area contributed by atoms with Crippen LogP contribution in [-0.2, 0) is 5.41 Å². The fraction of sp³-hybridized carbons (Fsp3) is 0.647. The van der Waals surface area contributed by atoms with Crippen LogP contribution in [0.2, 0.25) is 0 Å². The Morgan fingerprint density at radius 1 is 1.00 bits per heavy atom. The van der Waals surface area contributed by atoms with Gasteiger partial charge in [-0.2, -0.15) is 0 Å². The highest BCUT2D eigenvalue weighted by Gasteiger charge is 2.29. The summed E-state index contributed by atoms with van der Waals surface area (Å²) in [6.07, 6.45) is 4.90. The first-order chi connectivity index (χ1) is 9.22. The number of ether oxygens (including phenoxy) is 1. The van der Waals surface area contributed by atoms with Crippen LogP contribution in [0.4, 0.5) is 0 Å². The van der Waals surface area contributed by atoms with Crippen molar-refractivity contribution in [2.24, 2.45) is 0 Å². The van der Waals surface area contributed by atoms with Gasteiger partial charge in [0.15, 0.2) is 0 Å². The Balaban J connectivity index is 3.00. The summed E-state index contributed by atoms with van der Waals surface area (Å²) in [6, 6.07) is 8.70. The van der Waals surface area contributed by atoms with E-state index in [1.807, 2.05) is 6.92 Å². The van der Waals surface area contributed by atoms with Gasteiger partial charge in [0, 0.05) is 12.0 Å². The molecule has 0 aliphatic rings. The summed E-state index contributed by atoms with van der Waals surface area (Å²) in [5.74, 6) is 0.970. The molecule has 2 heteroatoms. The van der Waals surface area contributed by atoms with Gasteiger partial charge in [-0.05, 0) is 44.5 Å². The molecule has 0 aliphatic carbocycles. The van der Waals surface area contributed by atoms with Gasteiger partial charge in [0.1, 0.15) is 5.75 Å². The maximum atomic E-state index is 5.54. The van der Waals surface area contributed by atoms with Crippen molar-refractivity contribution >= 4 is 0 Å². The zero-order chi connectivity index (χ0) is 14.1. The highest BCUT2D eigenvalue weighted by Crippen LogP contribution is 2.34. The molecular formula is C17H29NO. The summed E-state index contributed by atoms with van der Waals surface area (Å²) in [5.41, 5.74) is 1.71. The SMILES string of the molecule is CCCC(CCC)(CNC)c1ccc(OCC)cc1. The highest BCUT2D eigenvalue weighted by molar-refractivity contribution is 5.33. The summed E-state index contributed by atoms with van der Waals surface area (Å²) < 4.78 is 5.54. The average Bonchev–Trinajstić information content (AvgIpc) is 2.41. The number of nitrogens with one attached hydrogen (secondary N) is 1. The molecule has 0 saturated heterocycles. The van der Waals surface area contributed by atoms with Crippen LogP contribution in [0.3, 0.4) is 0 Å². The summed E-state index contributed by atoms with van der Waals surface area (Å²) >= 11 is 0. The maximum absolute atomic E-state index is 5.54. The van der Waals surface area contributed by atoms with E-state index in [1.54, 1.807) is 0 Å². The molecule has 0 unspecified atom stereocenters. The molecule has 0 atom stereocenters. The third-order valence-corrected chi connectivity index (χ3v) is 3.75. The minimum absolute atomic E-state index is 0.267. The minimum Gasteiger partial charge on any atom is -0.494 e. The number of hydrogen-bond donors (Lipinski definition) is 1. The highest BCUT2D eigenvalue weighted by atomic mass is 16.5.